The maximum Gasteiger partial charge on any atom is 0.0431 e. The molecule has 1 aliphatic rings. The molecule has 0 unspecified atom stereocenters. The van der Waals surface area contributed by atoms with Crippen LogP contribution >= 0.6 is 0 Å². The zero-order valence-corrected chi connectivity index (χ0v) is 7.84. The van der Waals surface area contributed by atoms with Gasteiger partial charge in [-0.2, -0.15) is 0 Å². The Bertz CT molecular complexity index is 110. The predicted octanol–water partition coefficient (Wildman–Crippen LogP) is 1.67. The molecule has 0 spiro atoms. The minimum absolute atomic E-state index is 0.292. The molecule has 1 atom stereocenters. The third-order valence-electron chi connectivity index (χ3n) is 2.95. The van der Waals surface area contributed by atoms with Gasteiger partial charge in [0.2, 0.25) is 0 Å². The van der Waals surface area contributed by atoms with Crippen molar-refractivity contribution in [3.8, 4) is 0 Å². The molecule has 1 saturated carbocycles. The van der Waals surface area contributed by atoms with E-state index in [-0.39, 0.29) is 0 Å². The van der Waals surface area contributed by atoms with Crippen molar-refractivity contribution in [1.82, 2.24) is 0 Å². The summed E-state index contributed by atoms with van der Waals surface area (Å²) in [7, 11) is 0. The second kappa shape index (κ2) is 5.55. The van der Waals surface area contributed by atoms with E-state index in [9.17, 15) is 0 Å². The minimum Gasteiger partial charge on any atom is -0.396 e. The van der Waals surface area contributed by atoms with Gasteiger partial charge in [0.25, 0.3) is 0 Å². The summed E-state index contributed by atoms with van der Waals surface area (Å²) >= 11 is 0. The quantitative estimate of drug-likeness (QED) is 0.676. The fraction of sp³-hybridized carbons (Fsp3) is 1.00. The van der Waals surface area contributed by atoms with Crippen molar-refractivity contribution in [3.05, 3.63) is 0 Å². The molecule has 1 fully saturated rings. The molecule has 72 valence electrons. The monoisotopic (exact) mass is 171 g/mol. The maximum atomic E-state index is 8.66. The third-order valence-corrected chi connectivity index (χ3v) is 2.95. The highest BCUT2D eigenvalue weighted by atomic mass is 16.2. The summed E-state index contributed by atoms with van der Waals surface area (Å²) in [5.74, 6) is 0.741. The van der Waals surface area contributed by atoms with Crippen LogP contribution in [0.4, 0.5) is 0 Å². The van der Waals surface area contributed by atoms with Gasteiger partial charge in [-0.1, -0.05) is 19.3 Å². The fourth-order valence-corrected chi connectivity index (χ4v) is 2.13. The first-order valence-electron chi connectivity index (χ1n) is 5.21. The van der Waals surface area contributed by atoms with Gasteiger partial charge < -0.3 is 10.8 Å². The summed E-state index contributed by atoms with van der Waals surface area (Å²) in [5, 5.41) is 8.66. The van der Waals surface area contributed by atoms with E-state index in [1.807, 2.05) is 0 Å². The Hall–Kier alpha value is -0.0800. The number of rotatable bonds is 4. The van der Waals surface area contributed by atoms with Crippen LogP contribution in [0.1, 0.15) is 44.9 Å². The molecule has 0 radical (unpaired) electrons. The van der Waals surface area contributed by atoms with Gasteiger partial charge in [-0.15, -0.1) is 0 Å². The van der Waals surface area contributed by atoms with Crippen LogP contribution in [0.25, 0.3) is 0 Å². The number of aliphatic hydroxyl groups excluding tert-OH is 1. The summed E-state index contributed by atoms with van der Waals surface area (Å²) in [4.78, 5) is 0. The van der Waals surface area contributed by atoms with Crippen LogP contribution in [-0.2, 0) is 0 Å². The molecule has 2 nitrogen and oxygen atoms in total. The summed E-state index contributed by atoms with van der Waals surface area (Å²) in [6, 6.07) is 0.345. The van der Waals surface area contributed by atoms with Crippen molar-refractivity contribution in [3.63, 3.8) is 0 Å². The Balaban J connectivity index is 2.15. The van der Waals surface area contributed by atoms with Crippen molar-refractivity contribution in [2.45, 2.75) is 51.0 Å². The summed E-state index contributed by atoms with van der Waals surface area (Å²) in [6.07, 6.45) is 8.61. The lowest BCUT2D eigenvalue weighted by atomic mass is 9.83. The Morgan fingerprint density at radius 2 is 1.92 bits per heavy atom. The topological polar surface area (TPSA) is 46.2 Å². The van der Waals surface area contributed by atoms with Gasteiger partial charge in [0.1, 0.15) is 0 Å². The molecule has 0 aromatic carbocycles. The van der Waals surface area contributed by atoms with Crippen molar-refractivity contribution in [1.29, 1.82) is 0 Å². The predicted molar refractivity (Wildman–Crippen MR) is 50.9 cm³/mol. The van der Waals surface area contributed by atoms with Crippen LogP contribution < -0.4 is 5.73 Å². The summed E-state index contributed by atoms with van der Waals surface area (Å²) in [5.41, 5.74) is 6.02. The van der Waals surface area contributed by atoms with Crippen LogP contribution in [0.2, 0.25) is 0 Å². The molecule has 0 saturated heterocycles. The van der Waals surface area contributed by atoms with Crippen molar-refractivity contribution in [2.75, 3.05) is 6.61 Å². The number of hydrogen-bond donors (Lipinski definition) is 2. The lowest BCUT2D eigenvalue weighted by Gasteiger charge is -2.27. The number of nitrogens with two attached hydrogens (primary N) is 1. The molecule has 2 heteroatoms. The second-order valence-corrected chi connectivity index (χ2v) is 3.93. The normalized spacial score (nSPS) is 22.5. The molecule has 0 aromatic rings. The standard InChI is InChI=1S/C10H21NO/c11-10(7-4-8-12)9-5-2-1-3-6-9/h9-10,12H,1-8,11H2/t10-/m0/s1. The molecule has 0 aromatic heterocycles. The molecule has 1 rings (SSSR count). The van der Waals surface area contributed by atoms with E-state index in [0.29, 0.717) is 12.6 Å². The zero-order chi connectivity index (χ0) is 8.81. The van der Waals surface area contributed by atoms with Crippen LogP contribution in [-0.4, -0.2) is 17.8 Å². The van der Waals surface area contributed by atoms with E-state index in [0.717, 1.165) is 18.8 Å². The van der Waals surface area contributed by atoms with Crippen molar-refractivity contribution >= 4 is 0 Å². The third kappa shape index (κ3) is 3.11. The van der Waals surface area contributed by atoms with Gasteiger partial charge in [-0.25, -0.2) is 0 Å². The van der Waals surface area contributed by atoms with E-state index < -0.39 is 0 Å². The highest BCUT2D eigenvalue weighted by Gasteiger charge is 2.19. The Kier molecular flexibility index (Phi) is 4.62. The number of aliphatic hydroxyl groups is 1. The fourth-order valence-electron chi connectivity index (χ4n) is 2.13. The Morgan fingerprint density at radius 3 is 2.50 bits per heavy atom. The first kappa shape index (κ1) is 10.0. The maximum absolute atomic E-state index is 8.66. The molecule has 12 heavy (non-hydrogen) atoms. The second-order valence-electron chi connectivity index (χ2n) is 3.93. The van der Waals surface area contributed by atoms with Crippen LogP contribution in [0.15, 0.2) is 0 Å². The summed E-state index contributed by atoms with van der Waals surface area (Å²) in [6.45, 7) is 0.292. The van der Waals surface area contributed by atoms with E-state index in [1.54, 1.807) is 0 Å². The minimum atomic E-state index is 0.292. The van der Waals surface area contributed by atoms with Crippen molar-refractivity contribution in [2.24, 2.45) is 11.7 Å². The van der Waals surface area contributed by atoms with Gasteiger partial charge in [-0.3, -0.25) is 0 Å². The molecular weight excluding hydrogens is 150 g/mol. The van der Waals surface area contributed by atoms with Gasteiger partial charge in [-0.05, 0) is 31.6 Å². The first-order chi connectivity index (χ1) is 5.84. The Morgan fingerprint density at radius 1 is 1.25 bits per heavy atom. The molecule has 0 aliphatic heterocycles. The average Bonchev–Trinajstić information content (AvgIpc) is 2.15. The SMILES string of the molecule is N[C@@H](CCCO)C1CCCCC1. The number of hydrogen-bond acceptors (Lipinski definition) is 2. The van der Waals surface area contributed by atoms with Crippen molar-refractivity contribution < 1.29 is 5.11 Å². The molecule has 1 aliphatic carbocycles. The highest BCUT2D eigenvalue weighted by molar-refractivity contribution is 4.76. The molecular formula is C10H21NO. The highest BCUT2D eigenvalue weighted by Crippen LogP contribution is 2.26. The van der Waals surface area contributed by atoms with Crippen LogP contribution in [0, 0.1) is 5.92 Å². The average molecular weight is 171 g/mol. The van der Waals surface area contributed by atoms with Gasteiger partial charge in [0.15, 0.2) is 0 Å². The van der Waals surface area contributed by atoms with E-state index in [1.165, 1.54) is 32.1 Å². The van der Waals surface area contributed by atoms with Crippen LogP contribution in [0.3, 0.4) is 0 Å². The largest absolute Gasteiger partial charge is 0.396 e. The van der Waals surface area contributed by atoms with E-state index >= 15 is 0 Å². The molecule has 0 bridgehead atoms. The van der Waals surface area contributed by atoms with E-state index in [4.69, 9.17) is 10.8 Å². The zero-order valence-electron chi connectivity index (χ0n) is 7.84. The lowest BCUT2D eigenvalue weighted by Crippen LogP contribution is -2.31. The Labute approximate surface area is 75.2 Å². The molecule has 3 N–H and O–H groups in total. The van der Waals surface area contributed by atoms with Gasteiger partial charge in [0, 0.05) is 12.6 Å². The smallest absolute Gasteiger partial charge is 0.0431 e. The van der Waals surface area contributed by atoms with E-state index in [2.05, 4.69) is 0 Å². The lowest BCUT2D eigenvalue weighted by molar-refractivity contribution is 0.250. The molecule has 0 amide bonds. The molecule has 0 heterocycles. The van der Waals surface area contributed by atoms with Crippen LogP contribution in [0.5, 0.6) is 0 Å². The first-order valence-corrected chi connectivity index (χ1v) is 5.21. The van der Waals surface area contributed by atoms with Gasteiger partial charge >= 0.3 is 0 Å². The summed E-state index contributed by atoms with van der Waals surface area (Å²) < 4.78 is 0. The van der Waals surface area contributed by atoms with Gasteiger partial charge in [0.05, 0.1) is 0 Å².